The molecule has 0 saturated heterocycles. The van der Waals surface area contributed by atoms with Crippen LogP contribution in [0.25, 0.3) is 27.5 Å². The standard InChI is InChI=1S/C26H24O6/c1-13(22-8-16-6-18(14(2)27)20(29)10-23(16)31-22)12-26(4,5)25-9-17-7-19(15(3)28)21(30)11-24(17)32-25/h6-12,29-30H,1-5H3/b13-12+. The summed E-state index contributed by atoms with van der Waals surface area (Å²) >= 11 is 0. The molecule has 0 amide bonds. The SMILES string of the molecule is CC(=O)c1cc2cc(/C(C)=C/C(C)(C)c3cc4cc(C(C)=O)c(O)cc4o3)oc2cc1O. The molecule has 4 aromatic rings. The summed E-state index contributed by atoms with van der Waals surface area (Å²) in [6.45, 7) is 8.70. The van der Waals surface area contributed by atoms with Crippen LogP contribution in [0.3, 0.4) is 0 Å². The zero-order chi connectivity index (χ0) is 23.4. The van der Waals surface area contributed by atoms with E-state index in [1.165, 1.54) is 26.0 Å². The highest BCUT2D eigenvalue weighted by molar-refractivity contribution is 6.01. The minimum atomic E-state index is -0.527. The molecule has 2 heterocycles. The zero-order valence-electron chi connectivity index (χ0n) is 18.6. The predicted octanol–water partition coefficient (Wildman–Crippen LogP) is 6.38. The van der Waals surface area contributed by atoms with Gasteiger partial charge < -0.3 is 19.0 Å². The van der Waals surface area contributed by atoms with Crippen LogP contribution in [-0.4, -0.2) is 21.8 Å². The van der Waals surface area contributed by atoms with Gasteiger partial charge in [0.1, 0.15) is 34.2 Å². The molecule has 6 heteroatoms. The molecule has 0 unspecified atom stereocenters. The van der Waals surface area contributed by atoms with E-state index in [4.69, 9.17) is 8.83 Å². The van der Waals surface area contributed by atoms with E-state index < -0.39 is 5.41 Å². The molecule has 0 saturated carbocycles. The van der Waals surface area contributed by atoms with E-state index in [0.717, 1.165) is 16.3 Å². The maximum atomic E-state index is 11.7. The Hall–Kier alpha value is -3.80. The zero-order valence-corrected chi connectivity index (χ0v) is 18.6. The number of carbonyl (C=O) groups is 2. The van der Waals surface area contributed by atoms with Crippen molar-refractivity contribution in [1.82, 2.24) is 0 Å². The second-order valence-electron chi connectivity index (χ2n) is 8.70. The van der Waals surface area contributed by atoms with E-state index in [-0.39, 0.29) is 34.2 Å². The van der Waals surface area contributed by atoms with E-state index in [2.05, 4.69) is 0 Å². The van der Waals surface area contributed by atoms with E-state index in [0.29, 0.717) is 22.7 Å². The summed E-state index contributed by atoms with van der Waals surface area (Å²) < 4.78 is 11.9. The lowest BCUT2D eigenvalue weighted by Gasteiger charge is -2.18. The highest BCUT2D eigenvalue weighted by atomic mass is 16.3. The number of phenols is 2. The highest BCUT2D eigenvalue weighted by Gasteiger charge is 2.25. The molecule has 2 aromatic heterocycles. The summed E-state index contributed by atoms with van der Waals surface area (Å²) in [5.41, 5.74) is 1.82. The predicted molar refractivity (Wildman–Crippen MR) is 122 cm³/mol. The Morgan fingerprint density at radius 3 is 1.81 bits per heavy atom. The summed E-state index contributed by atoms with van der Waals surface area (Å²) in [5.74, 6) is 0.630. The molecular formula is C26H24O6. The maximum absolute atomic E-state index is 11.7. The van der Waals surface area contributed by atoms with Crippen molar-refractivity contribution < 1.29 is 28.6 Å². The van der Waals surface area contributed by atoms with Crippen LogP contribution in [0.5, 0.6) is 11.5 Å². The monoisotopic (exact) mass is 432 g/mol. The molecule has 4 rings (SSSR count). The number of aromatic hydroxyl groups is 2. The van der Waals surface area contributed by atoms with Crippen molar-refractivity contribution >= 4 is 39.1 Å². The molecule has 0 aliphatic carbocycles. The van der Waals surface area contributed by atoms with Crippen molar-refractivity contribution in [3.8, 4) is 11.5 Å². The van der Waals surface area contributed by atoms with Gasteiger partial charge >= 0.3 is 0 Å². The topological polar surface area (TPSA) is 101 Å². The van der Waals surface area contributed by atoms with Gasteiger partial charge in [0.15, 0.2) is 11.6 Å². The number of furan rings is 2. The first-order valence-electron chi connectivity index (χ1n) is 10.2. The van der Waals surface area contributed by atoms with Gasteiger partial charge in [0, 0.05) is 28.3 Å². The molecule has 2 N–H and O–H groups in total. The summed E-state index contributed by atoms with van der Waals surface area (Å²) in [6.07, 6.45) is 2.00. The Labute approximate surface area is 184 Å². The van der Waals surface area contributed by atoms with Crippen LogP contribution >= 0.6 is 0 Å². The number of phenolic OH excluding ortho intramolecular Hbond substituents is 2. The second-order valence-corrected chi connectivity index (χ2v) is 8.70. The Morgan fingerprint density at radius 1 is 0.781 bits per heavy atom. The molecule has 6 nitrogen and oxygen atoms in total. The highest BCUT2D eigenvalue weighted by Crippen LogP contribution is 2.37. The second kappa shape index (κ2) is 7.41. The summed E-state index contributed by atoms with van der Waals surface area (Å²) in [4.78, 5) is 23.4. The van der Waals surface area contributed by atoms with Crippen LogP contribution in [-0.2, 0) is 5.41 Å². The third kappa shape index (κ3) is 3.68. The number of hydrogen-bond donors (Lipinski definition) is 2. The van der Waals surface area contributed by atoms with E-state index >= 15 is 0 Å². The average Bonchev–Trinajstić information content (AvgIpc) is 3.29. The van der Waals surface area contributed by atoms with Gasteiger partial charge in [0.05, 0.1) is 11.1 Å². The van der Waals surface area contributed by atoms with Crippen molar-refractivity contribution in [2.45, 2.75) is 40.0 Å². The van der Waals surface area contributed by atoms with Gasteiger partial charge in [-0.2, -0.15) is 0 Å². The number of allylic oxidation sites excluding steroid dienone is 2. The van der Waals surface area contributed by atoms with Gasteiger partial charge in [0.2, 0.25) is 0 Å². The van der Waals surface area contributed by atoms with E-state index in [1.54, 1.807) is 12.1 Å². The molecule has 0 aliphatic rings. The third-order valence-electron chi connectivity index (χ3n) is 5.63. The van der Waals surface area contributed by atoms with Crippen molar-refractivity contribution in [1.29, 1.82) is 0 Å². The van der Waals surface area contributed by atoms with Gasteiger partial charge in [-0.1, -0.05) is 6.08 Å². The van der Waals surface area contributed by atoms with Gasteiger partial charge in [-0.3, -0.25) is 9.59 Å². The maximum Gasteiger partial charge on any atom is 0.163 e. The van der Waals surface area contributed by atoms with Gasteiger partial charge in [-0.15, -0.1) is 0 Å². The lowest BCUT2D eigenvalue weighted by atomic mass is 9.87. The Morgan fingerprint density at radius 2 is 1.28 bits per heavy atom. The summed E-state index contributed by atoms with van der Waals surface area (Å²) in [6, 6.07) is 9.86. The van der Waals surface area contributed by atoms with E-state index in [9.17, 15) is 19.8 Å². The summed E-state index contributed by atoms with van der Waals surface area (Å²) in [7, 11) is 0. The van der Waals surface area contributed by atoms with Crippen LogP contribution in [0, 0.1) is 0 Å². The number of carbonyl (C=O) groups excluding carboxylic acids is 2. The number of hydrogen-bond acceptors (Lipinski definition) is 6. The van der Waals surface area contributed by atoms with Crippen molar-refractivity contribution in [2.75, 3.05) is 0 Å². The molecule has 32 heavy (non-hydrogen) atoms. The first kappa shape index (κ1) is 21.4. The molecule has 0 radical (unpaired) electrons. The Bertz CT molecular complexity index is 1430. The molecule has 0 atom stereocenters. The minimum Gasteiger partial charge on any atom is -0.507 e. The van der Waals surface area contributed by atoms with Crippen LogP contribution in [0.4, 0.5) is 0 Å². The van der Waals surface area contributed by atoms with E-state index in [1.807, 2.05) is 39.0 Å². The van der Waals surface area contributed by atoms with Gasteiger partial charge in [-0.25, -0.2) is 0 Å². The molecule has 0 aliphatic heterocycles. The van der Waals surface area contributed by atoms with Gasteiger partial charge in [-0.05, 0) is 64.5 Å². The van der Waals surface area contributed by atoms with Crippen LogP contribution in [0.2, 0.25) is 0 Å². The molecule has 0 spiro atoms. The number of Topliss-reactive ketones (excluding diaryl/α,β-unsaturated/α-hetero) is 2. The number of benzene rings is 2. The largest absolute Gasteiger partial charge is 0.507 e. The molecule has 0 bridgehead atoms. The number of ketones is 2. The number of fused-ring (bicyclic) bond motifs is 2. The first-order chi connectivity index (χ1) is 15.0. The molecular weight excluding hydrogens is 408 g/mol. The summed E-state index contributed by atoms with van der Waals surface area (Å²) in [5, 5.41) is 21.6. The van der Waals surface area contributed by atoms with Gasteiger partial charge in [0.25, 0.3) is 0 Å². The van der Waals surface area contributed by atoms with Crippen LogP contribution < -0.4 is 0 Å². The normalized spacial score (nSPS) is 12.6. The third-order valence-corrected chi connectivity index (χ3v) is 5.63. The molecule has 0 fully saturated rings. The quantitative estimate of drug-likeness (QED) is 0.355. The lowest BCUT2D eigenvalue weighted by Crippen LogP contribution is -2.12. The van der Waals surface area contributed by atoms with Crippen molar-refractivity contribution in [2.24, 2.45) is 0 Å². The van der Waals surface area contributed by atoms with Crippen LogP contribution in [0.1, 0.15) is 66.9 Å². The van der Waals surface area contributed by atoms with Crippen molar-refractivity contribution in [3.63, 3.8) is 0 Å². The Balaban J connectivity index is 1.73. The van der Waals surface area contributed by atoms with Crippen molar-refractivity contribution in [3.05, 3.63) is 65.1 Å². The Kier molecular flexibility index (Phi) is 4.96. The molecule has 164 valence electrons. The fourth-order valence-electron chi connectivity index (χ4n) is 3.91. The first-order valence-corrected chi connectivity index (χ1v) is 10.2. The fraction of sp³-hybridized carbons (Fsp3) is 0.231. The molecule has 2 aromatic carbocycles. The fourth-order valence-corrected chi connectivity index (χ4v) is 3.91. The minimum absolute atomic E-state index is 0.106. The average molecular weight is 432 g/mol. The van der Waals surface area contributed by atoms with Crippen LogP contribution in [0.15, 0.2) is 51.3 Å². The lowest BCUT2D eigenvalue weighted by molar-refractivity contribution is 0.100. The smallest absolute Gasteiger partial charge is 0.163 e. The number of rotatable bonds is 5.